The lowest BCUT2D eigenvalue weighted by atomic mass is 10.1. The molecule has 2 N–H and O–H groups in total. The van der Waals surface area contributed by atoms with Crippen LogP contribution in [0.4, 0.5) is 5.69 Å². The van der Waals surface area contributed by atoms with Gasteiger partial charge in [0.15, 0.2) is 0 Å². The van der Waals surface area contributed by atoms with Crippen LogP contribution >= 0.6 is 0 Å². The molecule has 0 radical (unpaired) electrons. The van der Waals surface area contributed by atoms with E-state index in [-0.39, 0.29) is 6.04 Å². The van der Waals surface area contributed by atoms with E-state index in [9.17, 15) is 0 Å². The number of nitrogens with zero attached hydrogens (tertiary/aromatic N) is 2. The van der Waals surface area contributed by atoms with Gasteiger partial charge >= 0.3 is 0 Å². The van der Waals surface area contributed by atoms with Crippen LogP contribution in [0.15, 0.2) is 30.6 Å². The van der Waals surface area contributed by atoms with Crippen LogP contribution in [-0.4, -0.2) is 9.97 Å². The van der Waals surface area contributed by atoms with Crippen LogP contribution < -0.4 is 5.32 Å². The number of aromatic nitrogens is 2. The second-order valence-corrected chi connectivity index (χ2v) is 4.00. The highest BCUT2D eigenvalue weighted by molar-refractivity contribution is 5.59. The van der Waals surface area contributed by atoms with Crippen molar-refractivity contribution in [2.45, 2.75) is 19.9 Å². The Morgan fingerprint density at radius 3 is 2.94 bits per heavy atom. The highest BCUT2D eigenvalue weighted by Crippen LogP contribution is 2.21. The molecule has 2 rings (SSSR count). The van der Waals surface area contributed by atoms with Crippen molar-refractivity contribution >= 4 is 5.69 Å². The van der Waals surface area contributed by atoms with Gasteiger partial charge in [-0.25, -0.2) is 4.98 Å². The lowest BCUT2D eigenvalue weighted by Crippen LogP contribution is -2.09. The number of hydrogen-bond acceptors (Lipinski definition) is 3. The summed E-state index contributed by atoms with van der Waals surface area (Å²) in [6.07, 6.45) is 3.50. The van der Waals surface area contributed by atoms with Crippen LogP contribution in [0.5, 0.6) is 0 Å². The molecule has 1 aromatic carbocycles. The number of rotatable bonds is 3. The summed E-state index contributed by atoms with van der Waals surface area (Å²) in [5.41, 5.74) is 2.61. The predicted octanol–water partition coefficient (Wildman–Crippen LogP) is 2.76. The van der Waals surface area contributed by atoms with E-state index in [1.54, 1.807) is 12.4 Å². The van der Waals surface area contributed by atoms with E-state index in [1.165, 1.54) is 0 Å². The van der Waals surface area contributed by atoms with Crippen molar-refractivity contribution in [3.05, 3.63) is 47.5 Å². The monoisotopic (exact) mass is 226 g/mol. The first-order valence-corrected chi connectivity index (χ1v) is 5.47. The fraction of sp³-hybridized carbons (Fsp3) is 0.231. The number of nitriles is 1. The van der Waals surface area contributed by atoms with E-state index in [1.807, 2.05) is 32.0 Å². The van der Waals surface area contributed by atoms with Crippen molar-refractivity contribution in [2.24, 2.45) is 0 Å². The SMILES string of the molecule is Cc1ccc(C#N)c(NC(C)c2ncc[nH]2)c1. The molecule has 0 saturated heterocycles. The average Bonchev–Trinajstić information content (AvgIpc) is 2.83. The highest BCUT2D eigenvalue weighted by Gasteiger charge is 2.10. The molecule has 0 aliphatic rings. The van der Waals surface area contributed by atoms with E-state index in [0.29, 0.717) is 5.56 Å². The number of anilines is 1. The summed E-state index contributed by atoms with van der Waals surface area (Å²) in [5, 5.41) is 12.3. The molecular formula is C13H14N4. The smallest absolute Gasteiger partial charge is 0.128 e. The summed E-state index contributed by atoms with van der Waals surface area (Å²) in [6.45, 7) is 4.01. The number of H-pyrrole nitrogens is 1. The summed E-state index contributed by atoms with van der Waals surface area (Å²) >= 11 is 0. The Bertz CT molecular complexity index is 537. The van der Waals surface area contributed by atoms with Crippen molar-refractivity contribution in [1.29, 1.82) is 5.26 Å². The van der Waals surface area contributed by atoms with Gasteiger partial charge in [0, 0.05) is 12.4 Å². The van der Waals surface area contributed by atoms with E-state index in [4.69, 9.17) is 5.26 Å². The van der Waals surface area contributed by atoms with Crippen LogP contribution in [0, 0.1) is 18.3 Å². The minimum absolute atomic E-state index is 0.0406. The van der Waals surface area contributed by atoms with Gasteiger partial charge in [-0.3, -0.25) is 0 Å². The maximum absolute atomic E-state index is 9.04. The summed E-state index contributed by atoms with van der Waals surface area (Å²) < 4.78 is 0. The molecule has 0 amide bonds. The fourth-order valence-electron chi connectivity index (χ4n) is 1.69. The standard InChI is InChI=1S/C13H14N4/c1-9-3-4-11(8-14)12(7-9)17-10(2)13-15-5-6-16-13/h3-7,10,17H,1-2H3,(H,15,16). The van der Waals surface area contributed by atoms with E-state index in [2.05, 4.69) is 21.4 Å². The Morgan fingerprint density at radius 2 is 2.29 bits per heavy atom. The second-order valence-electron chi connectivity index (χ2n) is 4.00. The number of aromatic amines is 1. The van der Waals surface area contributed by atoms with Gasteiger partial charge in [0.2, 0.25) is 0 Å². The molecule has 1 aromatic heterocycles. The fourth-order valence-corrected chi connectivity index (χ4v) is 1.69. The molecular weight excluding hydrogens is 212 g/mol. The number of nitrogens with one attached hydrogen (secondary N) is 2. The molecule has 0 saturated carbocycles. The van der Waals surface area contributed by atoms with E-state index >= 15 is 0 Å². The third kappa shape index (κ3) is 2.45. The van der Waals surface area contributed by atoms with Crippen LogP contribution in [0.2, 0.25) is 0 Å². The zero-order valence-electron chi connectivity index (χ0n) is 9.86. The Balaban J connectivity index is 2.24. The number of aryl methyl sites for hydroxylation is 1. The molecule has 4 heteroatoms. The van der Waals surface area contributed by atoms with Crippen LogP contribution in [0.25, 0.3) is 0 Å². The van der Waals surface area contributed by atoms with Crippen molar-refractivity contribution in [3.63, 3.8) is 0 Å². The first kappa shape index (κ1) is 11.2. The first-order chi connectivity index (χ1) is 8.20. The van der Waals surface area contributed by atoms with Gasteiger partial charge in [0.1, 0.15) is 11.9 Å². The molecule has 0 aliphatic carbocycles. The summed E-state index contributed by atoms with van der Waals surface area (Å²) in [6, 6.07) is 7.95. The van der Waals surface area contributed by atoms with Gasteiger partial charge in [0.05, 0.1) is 17.3 Å². The van der Waals surface area contributed by atoms with Crippen molar-refractivity contribution in [2.75, 3.05) is 5.32 Å². The Labute approximate surface area is 100 Å². The quantitative estimate of drug-likeness (QED) is 0.845. The van der Waals surface area contributed by atoms with Crippen molar-refractivity contribution in [1.82, 2.24) is 9.97 Å². The lowest BCUT2D eigenvalue weighted by Gasteiger charge is -2.14. The first-order valence-electron chi connectivity index (χ1n) is 5.47. The van der Waals surface area contributed by atoms with Crippen LogP contribution in [0.3, 0.4) is 0 Å². The number of hydrogen-bond donors (Lipinski definition) is 2. The Kier molecular flexibility index (Phi) is 3.10. The summed E-state index contributed by atoms with van der Waals surface area (Å²) in [7, 11) is 0. The average molecular weight is 226 g/mol. The Morgan fingerprint density at radius 1 is 1.47 bits per heavy atom. The molecule has 1 heterocycles. The minimum atomic E-state index is 0.0406. The molecule has 0 aliphatic heterocycles. The van der Waals surface area contributed by atoms with Gasteiger partial charge in [-0.15, -0.1) is 0 Å². The molecule has 2 aromatic rings. The molecule has 1 atom stereocenters. The van der Waals surface area contributed by atoms with Gasteiger partial charge < -0.3 is 10.3 Å². The summed E-state index contributed by atoms with van der Waals surface area (Å²) in [5.74, 6) is 0.857. The molecule has 86 valence electrons. The van der Waals surface area contributed by atoms with Gasteiger partial charge in [-0.1, -0.05) is 6.07 Å². The van der Waals surface area contributed by atoms with Crippen molar-refractivity contribution in [3.8, 4) is 6.07 Å². The third-order valence-corrected chi connectivity index (χ3v) is 2.60. The molecule has 17 heavy (non-hydrogen) atoms. The van der Waals surface area contributed by atoms with Crippen molar-refractivity contribution < 1.29 is 0 Å². The lowest BCUT2D eigenvalue weighted by molar-refractivity contribution is 0.809. The van der Waals surface area contributed by atoms with Gasteiger partial charge in [-0.2, -0.15) is 5.26 Å². The number of benzene rings is 1. The molecule has 1 unspecified atom stereocenters. The predicted molar refractivity (Wildman–Crippen MR) is 66.5 cm³/mol. The van der Waals surface area contributed by atoms with E-state index < -0.39 is 0 Å². The third-order valence-electron chi connectivity index (χ3n) is 2.60. The zero-order valence-corrected chi connectivity index (χ0v) is 9.86. The molecule has 0 fully saturated rings. The van der Waals surface area contributed by atoms with Crippen LogP contribution in [-0.2, 0) is 0 Å². The number of imidazole rings is 1. The maximum atomic E-state index is 9.04. The topological polar surface area (TPSA) is 64.5 Å². The maximum Gasteiger partial charge on any atom is 0.128 e. The molecule has 0 spiro atoms. The highest BCUT2D eigenvalue weighted by atomic mass is 15.0. The molecule has 4 nitrogen and oxygen atoms in total. The van der Waals surface area contributed by atoms with Gasteiger partial charge in [0.25, 0.3) is 0 Å². The largest absolute Gasteiger partial charge is 0.374 e. The summed E-state index contributed by atoms with van der Waals surface area (Å²) in [4.78, 5) is 7.24. The molecule has 0 bridgehead atoms. The zero-order chi connectivity index (χ0) is 12.3. The second kappa shape index (κ2) is 4.71. The van der Waals surface area contributed by atoms with E-state index in [0.717, 1.165) is 17.1 Å². The Hall–Kier alpha value is -2.28. The van der Waals surface area contributed by atoms with Crippen LogP contribution in [0.1, 0.15) is 29.9 Å². The normalized spacial score (nSPS) is 11.8. The minimum Gasteiger partial charge on any atom is -0.374 e. The van der Waals surface area contributed by atoms with Gasteiger partial charge in [-0.05, 0) is 31.5 Å².